The molecule has 0 unspecified atom stereocenters. The number of amides is 1. The van der Waals surface area contributed by atoms with Crippen molar-refractivity contribution in [3.05, 3.63) is 82.9 Å². The van der Waals surface area contributed by atoms with Crippen molar-refractivity contribution >= 4 is 21.6 Å². The van der Waals surface area contributed by atoms with Gasteiger partial charge in [-0.05, 0) is 85.0 Å². The SMILES string of the molecule is COc1ccc(S(=O)(=O)N2CCc3ccc(NC(=O)COc4cc(C)ccc4C)cc3C2)cc1. The number of methoxy groups -OCH3 is 1. The van der Waals surface area contributed by atoms with E-state index in [1.54, 1.807) is 24.3 Å². The monoisotopic (exact) mass is 480 g/mol. The molecule has 3 aromatic rings. The maximum Gasteiger partial charge on any atom is 0.262 e. The molecule has 0 atom stereocenters. The number of fused-ring (bicyclic) bond motifs is 1. The second-order valence-corrected chi connectivity index (χ2v) is 10.3. The highest BCUT2D eigenvalue weighted by Gasteiger charge is 2.28. The molecule has 8 heteroatoms. The van der Waals surface area contributed by atoms with Crippen LogP contribution in [0.25, 0.3) is 0 Å². The zero-order chi connectivity index (χ0) is 24.3. The third-order valence-corrected chi connectivity index (χ3v) is 7.73. The number of carbonyl (C=O) groups excluding carboxylic acids is 1. The molecule has 1 heterocycles. The Bertz CT molecular complexity index is 1300. The topological polar surface area (TPSA) is 84.9 Å². The number of ether oxygens (including phenoxy) is 2. The average Bonchev–Trinajstić information content (AvgIpc) is 2.84. The summed E-state index contributed by atoms with van der Waals surface area (Å²) in [5.74, 6) is 1.00. The molecule has 0 aliphatic carbocycles. The van der Waals surface area contributed by atoms with E-state index in [1.807, 2.05) is 50.2 Å². The Balaban J connectivity index is 1.43. The lowest BCUT2D eigenvalue weighted by Crippen LogP contribution is -2.36. The first kappa shape index (κ1) is 23.8. The van der Waals surface area contributed by atoms with E-state index in [1.165, 1.54) is 11.4 Å². The number of nitrogens with zero attached hydrogens (tertiary/aromatic N) is 1. The van der Waals surface area contributed by atoms with Crippen molar-refractivity contribution in [3.63, 3.8) is 0 Å². The Kier molecular flexibility index (Phi) is 6.90. The van der Waals surface area contributed by atoms with Crippen molar-refractivity contribution in [2.45, 2.75) is 31.7 Å². The number of nitrogens with one attached hydrogen (secondary N) is 1. The van der Waals surface area contributed by atoms with Crippen molar-refractivity contribution in [2.75, 3.05) is 25.6 Å². The van der Waals surface area contributed by atoms with Crippen LogP contribution in [0.1, 0.15) is 22.3 Å². The van der Waals surface area contributed by atoms with Crippen molar-refractivity contribution in [1.29, 1.82) is 0 Å². The van der Waals surface area contributed by atoms with Crippen LogP contribution in [-0.2, 0) is 27.8 Å². The first-order valence-corrected chi connectivity index (χ1v) is 12.5. The smallest absolute Gasteiger partial charge is 0.262 e. The zero-order valence-corrected chi connectivity index (χ0v) is 20.3. The van der Waals surface area contributed by atoms with Crippen LogP contribution in [0.4, 0.5) is 5.69 Å². The molecular weight excluding hydrogens is 452 g/mol. The summed E-state index contributed by atoms with van der Waals surface area (Å²) in [7, 11) is -2.10. The van der Waals surface area contributed by atoms with Gasteiger partial charge in [0.15, 0.2) is 6.61 Å². The first-order valence-electron chi connectivity index (χ1n) is 11.0. The maximum atomic E-state index is 13.1. The number of benzene rings is 3. The minimum absolute atomic E-state index is 0.112. The molecule has 1 amide bonds. The van der Waals surface area contributed by atoms with Gasteiger partial charge in [0.25, 0.3) is 5.91 Å². The van der Waals surface area contributed by atoms with Gasteiger partial charge < -0.3 is 14.8 Å². The van der Waals surface area contributed by atoms with E-state index in [9.17, 15) is 13.2 Å². The molecule has 0 saturated carbocycles. The normalized spacial score (nSPS) is 13.7. The summed E-state index contributed by atoms with van der Waals surface area (Å²) >= 11 is 0. The summed E-state index contributed by atoms with van der Waals surface area (Å²) in [5, 5.41) is 2.85. The van der Waals surface area contributed by atoms with E-state index >= 15 is 0 Å². The van der Waals surface area contributed by atoms with Crippen LogP contribution in [0.5, 0.6) is 11.5 Å². The van der Waals surface area contributed by atoms with Gasteiger partial charge in [-0.2, -0.15) is 4.31 Å². The number of sulfonamides is 1. The van der Waals surface area contributed by atoms with Gasteiger partial charge in [0.1, 0.15) is 11.5 Å². The Hall–Kier alpha value is -3.36. The summed E-state index contributed by atoms with van der Waals surface area (Å²) in [6.07, 6.45) is 0.606. The summed E-state index contributed by atoms with van der Waals surface area (Å²) in [5.41, 5.74) is 4.58. The molecule has 0 aromatic heterocycles. The molecule has 1 aliphatic rings. The quantitative estimate of drug-likeness (QED) is 0.551. The molecule has 1 aliphatic heterocycles. The minimum atomic E-state index is -3.64. The molecular formula is C26H28N2O5S. The summed E-state index contributed by atoms with van der Waals surface area (Å²) in [6, 6.07) is 17.8. The van der Waals surface area contributed by atoms with E-state index < -0.39 is 10.0 Å². The third kappa shape index (κ3) is 5.24. The summed E-state index contributed by atoms with van der Waals surface area (Å²) in [6.45, 7) is 4.43. The highest BCUT2D eigenvalue weighted by Crippen LogP contribution is 2.28. The zero-order valence-electron chi connectivity index (χ0n) is 19.5. The van der Waals surface area contributed by atoms with Crippen LogP contribution in [0.15, 0.2) is 65.6 Å². The molecule has 0 radical (unpaired) electrons. The van der Waals surface area contributed by atoms with Crippen LogP contribution in [0.3, 0.4) is 0 Å². The lowest BCUT2D eigenvalue weighted by molar-refractivity contribution is -0.118. The van der Waals surface area contributed by atoms with Gasteiger partial charge in [0, 0.05) is 18.8 Å². The van der Waals surface area contributed by atoms with Crippen LogP contribution >= 0.6 is 0 Å². The molecule has 4 rings (SSSR count). The Morgan fingerprint density at radius 1 is 1.00 bits per heavy atom. The number of anilines is 1. The highest BCUT2D eigenvalue weighted by molar-refractivity contribution is 7.89. The predicted molar refractivity (Wildman–Crippen MR) is 131 cm³/mol. The fourth-order valence-electron chi connectivity index (χ4n) is 3.91. The van der Waals surface area contributed by atoms with Crippen LogP contribution in [-0.4, -0.2) is 38.9 Å². The standard InChI is InChI=1S/C26H28N2O5S/c1-18-4-5-19(2)25(14-18)33-17-26(29)27-22-7-6-20-12-13-28(16-21(20)15-22)34(30,31)24-10-8-23(32-3)9-11-24/h4-11,14-15H,12-13,16-17H2,1-3H3,(H,27,29). The molecule has 178 valence electrons. The highest BCUT2D eigenvalue weighted by atomic mass is 32.2. The van der Waals surface area contributed by atoms with Gasteiger partial charge in [-0.1, -0.05) is 18.2 Å². The van der Waals surface area contributed by atoms with Crippen LogP contribution in [0.2, 0.25) is 0 Å². The molecule has 3 aromatic carbocycles. The average molecular weight is 481 g/mol. The Morgan fingerprint density at radius 2 is 1.76 bits per heavy atom. The first-order chi connectivity index (χ1) is 16.3. The summed E-state index contributed by atoms with van der Waals surface area (Å²) < 4.78 is 38.5. The molecule has 34 heavy (non-hydrogen) atoms. The van der Waals surface area contributed by atoms with E-state index in [0.717, 1.165) is 22.3 Å². The lowest BCUT2D eigenvalue weighted by atomic mass is 10.0. The van der Waals surface area contributed by atoms with Gasteiger partial charge in [-0.15, -0.1) is 0 Å². The van der Waals surface area contributed by atoms with Crippen molar-refractivity contribution in [1.82, 2.24) is 4.31 Å². The third-order valence-electron chi connectivity index (χ3n) is 5.87. The van der Waals surface area contributed by atoms with Gasteiger partial charge in [0.05, 0.1) is 12.0 Å². The number of rotatable bonds is 7. The molecule has 0 saturated heterocycles. The molecule has 1 N–H and O–H groups in total. The lowest BCUT2D eigenvalue weighted by Gasteiger charge is -2.28. The van der Waals surface area contributed by atoms with E-state index in [4.69, 9.17) is 9.47 Å². The minimum Gasteiger partial charge on any atom is -0.497 e. The fraction of sp³-hybridized carbons (Fsp3) is 0.269. The second-order valence-electron chi connectivity index (χ2n) is 8.35. The number of aryl methyl sites for hydroxylation is 2. The number of hydrogen-bond acceptors (Lipinski definition) is 5. The van der Waals surface area contributed by atoms with Gasteiger partial charge in [-0.3, -0.25) is 4.79 Å². The van der Waals surface area contributed by atoms with Crippen molar-refractivity contribution < 1.29 is 22.7 Å². The molecule has 0 spiro atoms. The fourth-order valence-corrected chi connectivity index (χ4v) is 5.33. The number of carbonyl (C=O) groups is 1. The van der Waals surface area contributed by atoms with Crippen LogP contribution in [0, 0.1) is 13.8 Å². The Morgan fingerprint density at radius 3 is 2.50 bits per heavy atom. The van der Waals surface area contributed by atoms with Crippen molar-refractivity contribution in [2.24, 2.45) is 0 Å². The largest absolute Gasteiger partial charge is 0.497 e. The van der Waals surface area contributed by atoms with Gasteiger partial charge in [0.2, 0.25) is 10.0 Å². The van der Waals surface area contributed by atoms with E-state index in [2.05, 4.69) is 5.32 Å². The van der Waals surface area contributed by atoms with Gasteiger partial charge >= 0.3 is 0 Å². The molecule has 0 fully saturated rings. The van der Waals surface area contributed by atoms with E-state index in [-0.39, 0.29) is 24.0 Å². The molecule has 7 nitrogen and oxygen atoms in total. The van der Waals surface area contributed by atoms with Crippen molar-refractivity contribution in [3.8, 4) is 11.5 Å². The maximum absolute atomic E-state index is 13.1. The van der Waals surface area contributed by atoms with Gasteiger partial charge in [-0.25, -0.2) is 8.42 Å². The second kappa shape index (κ2) is 9.87. The Labute approximate surface area is 200 Å². The van der Waals surface area contributed by atoms with E-state index in [0.29, 0.717) is 30.2 Å². The summed E-state index contributed by atoms with van der Waals surface area (Å²) in [4.78, 5) is 12.7. The number of hydrogen-bond donors (Lipinski definition) is 1. The van der Waals surface area contributed by atoms with Crippen LogP contribution < -0.4 is 14.8 Å². The molecule has 0 bridgehead atoms. The predicted octanol–water partition coefficient (Wildman–Crippen LogP) is 4.08.